The zero-order valence-electron chi connectivity index (χ0n) is 10.1. The largest absolute Gasteiger partial charge is 0.390 e. The Morgan fingerprint density at radius 2 is 1.40 bits per heavy atom. The first-order valence-corrected chi connectivity index (χ1v) is 6.26. The second-order valence-electron chi connectivity index (χ2n) is 5.54. The van der Waals surface area contributed by atoms with E-state index in [1.54, 1.807) is 0 Å². The Morgan fingerprint density at radius 1 is 0.933 bits per heavy atom. The van der Waals surface area contributed by atoms with Crippen LogP contribution < -0.4 is 0 Å². The first-order valence-electron chi connectivity index (χ1n) is 6.26. The SMILES string of the molecule is C.CCCC1(C)CC1.CCCC1(O)CC1. The highest BCUT2D eigenvalue weighted by Gasteiger charge is 2.38. The van der Waals surface area contributed by atoms with Crippen molar-refractivity contribution in [2.24, 2.45) is 5.41 Å². The lowest BCUT2D eigenvalue weighted by atomic mass is 10.0. The van der Waals surface area contributed by atoms with E-state index in [1.165, 1.54) is 25.7 Å². The molecule has 1 heteroatoms. The van der Waals surface area contributed by atoms with Crippen LogP contribution >= 0.6 is 0 Å². The smallest absolute Gasteiger partial charge is 0.0649 e. The quantitative estimate of drug-likeness (QED) is 0.728. The van der Waals surface area contributed by atoms with Gasteiger partial charge >= 0.3 is 0 Å². The maximum Gasteiger partial charge on any atom is 0.0649 e. The molecule has 0 atom stereocenters. The number of hydrogen-bond acceptors (Lipinski definition) is 1. The third-order valence-corrected chi connectivity index (χ3v) is 3.50. The molecule has 2 fully saturated rings. The van der Waals surface area contributed by atoms with Gasteiger partial charge < -0.3 is 5.11 Å². The van der Waals surface area contributed by atoms with Gasteiger partial charge in [0.2, 0.25) is 0 Å². The fourth-order valence-electron chi connectivity index (χ4n) is 1.93. The summed E-state index contributed by atoms with van der Waals surface area (Å²) in [5, 5.41) is 9.13. The van der Waals surface area contributed by atoms with Crippen molar-refractivity contribution >= 4 is 0 Å². The molecule has 1 nitrogen and oxygen atoms in total. The van der Waals surface area contributed by atoms with Gasteiger partial charge in [-0.05, 0) is 43.9 Å². The molecule has 0 radical (unpaired) electrons. The normalized spacial score (nSPS) is 23.2. The molecular weight excluding hydrogens is 184 g/mol. The first kappa shape index (κ1) is 15.0. The minimum Gasteiger partial charge on any atom is -0.390 e. The van der Waals surface area contributed by atoms with E-state index in [2.05, 4.69) is 20.8 Å². The molecule has 1 N–H and O–H groups in total. The van der Waals surface area contributed by atoms with E-state index in [0.29, 0.717) is 0 Å². The van der Waals surface area contributed by atoms with Crippen molar-refractivity contribution in [3.63, 3.8) is 0 Å². The summed E-state index contributed by atoms with van der Waals surface area (Å²) < 4.78 is 0. The van der Waals surface area contributed by atoms with Crippen LogP contribution in [0.15, 0.2) is 0 Å². The lowest BCUT2D eigenvalue weighted by molar-refractivity contribution is 0.139. The van der Waals surface area contributed by atoms with Crippen molar-refractivity contribution in [2.75, 3.05) is 0 Å². The van der Waals surface area contributed by atoms with E-state index < -0.39 is 0 Å². The molecule has 0 amide bonds. The minimum atomic E-state index is -0.200. The van der Waals surface area contributed by atoms with Crippen molar-refractivity contribution < 1.29 is 5.11 Å². The molecule has 0 bridgehead atoms. The maximum absolute atomic E-state index is 9.13. The molecule has 0 spiro atoms. The Hall–Kier alpha value is -0.0400. The molecule has 92 valence electrons. The summed E-state index contributed by atoms with van der Waals surface area (Å²) >= 11 is 0. The molecule has 0 aromatic carbocycles. The summed E-state index contributed by atoms with van der Waals surface area (Å²) in [6, 6.07) is 0. The summed E-state index contributed by atoms with van der Waals surface area (Å²) in [5.41, 5.74) is 0.601. The summed E-state index contributed by atoms with van der Waals surface area (Å²) in [6.07, 6.45) is 10.0. The molecule has 0 unspecified atom stereocenters. The average molecular weight is 214 g/mol. The minimum absolute atomic E-state index is 0. The number of rotatable bonds is 4. The third-order valence-electron chi connectivity index (χ3n) is 3.50. The van der Waals surface area contributed by atoms with Gasteiger partial charge in [0.1, 0.15) is 0 Å². The van der Waals surface area contributed by atoms with Crippen LogP contribution in [-0.4, -0.2) is 10.7 Å². The number of aliphatic hydroxyl groups is 1. The van der Waals surface area contributed by atoms with Crippen LogP contribution in [0.3, 0.4) is 0 Å². The van der Waals surface area contributed by atoms with Gasteiger partial charge in [-0.3, -0.25) is 0 Å². The average Bonchev–Trinajstić information content (AvgIpc) is 2.98. The summed E-state index contributed by atoms with van der Waals surface area (Å²) in [6.45, 7) is 6.76. The van der Waals surface area contributed by atoms with Crippen LogP contribution in [0.2, 0.25) is 0 Å². The molecule has 0 aliphatic heterocycles. The van der Waals surface area contributed by atoms with E-state index in [4.69, 9.17) is 5.11 Å². The van der Waals surface area contributed by atoms with E-state index in [1.807, 2.05) is 0 Å². The van der Waals surface area contributed by atoms with Gasteiger partial charge in [-0.1, -0.05) is 41.0 Å². The second-order valence-corrected chi connectivity index (χ2v) is 5.54. The van der Waals surface area contributed by atoms with E-state index in [0.717, 1.165) is 31.1 Å². The standard InChI is InChI=1S/C7H14.C6H12O.CH4/c1-3-4-7(2)5-6-7;1-2-3-6(7)4-5-6;/h3-6H2,1-2H3;7H,2-5H2,1H3;1H4. The zero-order chi connectivity index (χ0) is 10.7. The van der Waals surface area contributed by atoms with Gasteiger partial charge in [0.05, 0.1) is 5.60 Å². The Balaban J connectivity index is 0.000000245. The van der Waals surface area contributed by atoms with Crippen molar-refractivity contribution in [1.82, 2.24) is 0 Å². The predicted molar refractivity (Wildman–Crippen MR) is 68.1 cm³/mol. The molecule has 2 saturated carbocycles. The van der Waals surface area contributed by atoms with Gasteiger partial charge in [0.15, 0.2) is 0 Å². The Morgan fingerprint density at radius 3 is 1.53 bits per heavy atom. The maximum atomic E-state index is 9.13. The lowest BCUT2D eigenvalue weighted by Crippen LogP contribution is -2.03. The predicted octanol–water partition coefficient (Wildman–Crippen LogP) is 4.53. The highest BCUT2D eigenvalue weighted by molar-refractivity contribution is 4.92. The van der Waals surface area contributed by atoms with Gasteiger partial charge in [-0.2, -0.15) is 0 Å². The lowest BCUT2D eigenvalue weighted by Gasteiger charge is -2.01. The molecular formula is C14H30O. The second kappa shape index (κ2) is 5.89. The fraction of sp³-hybridized carbons (Fsp3) is 1.00. The van der Waals surface area contributed by atoms with Crippen LogP contribution in [0.4, 0.5) is 0 Å². The first-order chi connectivity index (χ1) is 6.54. The third kappa shape index (κ3) is 6.19. The Bertz CT molecular complexity index is 146. The molecule has 0 saturated heterocycles. The molecule has 0 aromatic rings. The fourth-order valence-corrected chi connectivity index (χ4v) is 1.93. The summed E-state index contributed by atoms with van der Waals surface area (Å²) in [4.78, 5) is 0. The zero-order valence-corrected chi connectivity index (χ0v) is 10.1. The topological polar surface area (TPSA) is 20.2 Å². The van der Waals surface area contributed by atoms with Crippen LogP contribution in [0, 0.1) is 5.41 Å². The molecule has 2 rings (SSSR count). The molecule has 2 aliphatic carbocycles. The number of hydrogen-bond donors (Lipinski definition) is 1. The van der Waals surface area contributed by atoms with E-state index in [9.17, 15) is 0 Å². The molecule has 0 aromatic heterocycles. The highest BCUT2D eigenvalue weighted by Crippen LogP contribution is 2.48. The molecule has 2 aliphatic rings. The van der Waals surface area contributed by atoms with Crippen molar-refractivity contribution in [3.8, 4) is 0 Å². The van der Waals surface area contributed by atoms with Crippen molar-refractivity contribution in [2.45, 2.75) is 85.2 Å². The molecule has 15 heavy (non-hydrogen) atoms. The Kier molecular flexibility index (Phi) is 5.87. The highest BCUT2D eigenvalue weighted by atomic mass is 16.3. The van der Waals surface area contributed by atoms with Crippen LogP contribution in [-0.2, 0) is 0 Å². The van der Waals surface area contributed by atoms with Gasteiger partial charge in [-0.25, -0.2) is 0 Å². The summed E-state index contributed by atoms with van der Waals surface area (Å²) in [5.74, 6) is 0. The van der Waals surface area contributed by atoms with Gasteiger partial charge in [0.25, 0.3) is 0 Å². The monoisotopic (exact) mass is 214 g/mol. The van der Waals surface area contributed by atoms with Gasteiger partial charge in [0, 0.05) is 0 Å². The van der Waals surface area contributed by atoms with Crippen LogP contribution in [0.25, 0.3) is 0 Å². The van der Waals surface area contributed by atoms with Crippen LogP contribution in [0.1, 0.15) is 79.6 Å². The van der Waals surface area contributed by atoms with Gasteiger partial charge in [-0.15, -0.1) is 0 Å². The van der Waals surface area contributed by atoms with E-state index in [-0.39, 0.29) is 13.0 Å². The molecule has 0 heterocycles. The van der Waals surface area contributed by atoms with E-state index >= 15 is 0 Å². The van der Waals surface area contributed by atoms with Crippen molar-refractivity contribution in [1.29, 1.82) is 0 Å². The van der Waals surface area contributed by atoms with Crippen molar-refractivity contribution in [3.05, 3.63) is 0 Å². The Labute approximate surface area is 96.3 Å². The van der Waals surface area contributed by atoms with Crippen LogP contribution in [0.5, 0.6) is 0 Å². The summed E-state index contributed by atoms with van der Waals surface area (Å²) in [7, 11) is 0.